The summed E-state index contributed by atoms with van der Waals surface area (Å²) in [5.74, 6) is 0. The number of hydrogen-bond acceptors (Lipinski definition) is 2. The van der Waals surface area contributed by atoms with Gasteiger partial charge in [-0.3, -0.25) is 0 Å². The molecule has 0 unspecified atom stereocenters. The van der Waals surface area contributed by atoms with Crippen LogP contribution >= 0.6 is 0 Å². The van der Waals surface area contributed by atoms with Gasteiger partial charge in [0.15, 0.2) is 0 Å². The van der Waals surface area contributed by atoms with Crippen LogP contribution in [0, 0.1) is 0 Å². The lowest BCUT2D eigenvalue weighted by molar-refractivity contribution is 1.09. The van der Waals surface area contributed by atoms with Gasteiger partial charge in [-0.2, -0.15) is 0 Å². The highest BCUT2D eigenvalue weighted by Crippen LogP contribution is 2.45. The van der Waals surface area contributed by atoms with E-state index in [9.17, 15) is 0 Å². The summed E-state index contributed by atoms with van der Waals surface area (Å²) >= 11 is 0. The number of nitrogens with zero attached hydrogens (tertiary/aromatic N) is 2. The van der Waals surface area contributed by atoms with Gasteiger partial charge in [0.1, 0.15) is 0 Å². The smallest absolute Gasteiger partial charge is 0.0497 e. The van der Waals surface area contributed by atoms with Crippen LogP contribution in [0.25, 0.3) is 33.0 Å². The number of para-hydroxylation sites is 2. The summed E-state index contributed by atoms with van der Waals surface area (Å²) in [5, 5.41) is 2.46. The van der Waals surface area contributed by atoms with E-state index in [1.165, 1.54) is 55.5 Å². The Labute approximate surface area is 287 Å². The molecular weight excluding hydrogens is 593 g/mol. The lowest BCUT2D eigenvalue weighted by Crippen LogP contribution is -2.18. The van der Waals surface area contributed by atoms with E-state index < -0.39 is 0 Å². The van der Waals surface area contributed by atoms with Gasteiger partial charge < -0.3 is 9.80 Å². The molecule has 0 saturated heterocycles. The molecule has 0 bridgehead atoms. The Kier molecular flexibility index (Phi) is 7.25. The van der Waals surface area contributed by atoms with E-state index in [0.29, 0.717) is 0 Å². The molecule has 0 aromatic heterocycles. The summed E-state index contributed by atoms with van der Waals surface area (Å²) < 4.78 is 0. The molecule has 0 spiro atoms. The van der Waals surface area contributed by atoms with Gasteiger partial charge in [-0.1, -0.05) is 133 Å². The molecule has 0 aliphatic carbocycles. The Hall–Kier alpha value is -6.38. The fraction of sp³-hybridized carbons (Fsp3) is 0.0213. The van der Waals surface area contributed by atoms with Crippen molar-refractivity contribution in [2.24, 2.45) is 0 Å². The monoisotopic (exact) mass is 626 g/mol. The minimum atomic E-state index is 0.951. The van der Waals surface area contributed by atoms with Crippen LogP contribution in [0.2, 0.25) is 0 Å². The molecule has 1 aliphatic rings. The fourth-order valence-corrected chi connectivity index (χ4v) is 7.19. The molecule has 8 aromatic rings. The molecule has 0 saturated carbocycles. The van der Waals surface area contributed by atoms with E-state index in [2.05, 4.69) is 204 Å². The maximum absolute atomic E-state index is 2.41. The highest BCUT2D eigenvalue weighted by atomic mass is 15.2. The molecule has 0 N–H and O–H groups in total. The van der Waals surface area contributed by atoms with Crippen molar-refractivity contribution < 1.29 is 0 Å². The molecule has 0 amide bonds. The number of hydrogen-bond donors (Lipinski definition) is 0. The first-order valence-corrected chi connectivity index (χ1v) is 16.9. The second-order valence-corrected chi connectivity index (χ2v) is 12.6. The first-order valence-electron chi connectivity index (χ1n) is 16.9. The van der Waals surface area contributed by atoms with E-state index in [0.717, 1.165) is 29.2 Å². The van der Waals surface area contributed by atoms with Crippen molar-refractivity contribution in [2.45, 2.75) is 6.42 Å². The van der Waals surface area contributed by atoms with Gasteiger partial charge in [0.05, 0.1) is 0 Å². The van der Waals surface area contributed by atoms with Crippen LogP contribution in [-0.4, -0.2) is 0 Å². The first-order chi connectivity index (χ1) is 24.3. The Balaban J connectivity index is 1.09. The van der Waals surface area contributed by atoms with Crippen LogP contribution in [0.3, 0.4) is 0 Å². The molecular formula is C47H34N2. The number of anilines is 6. The summed E-state index contributed by atoms with van der Waals surface area (Å²) in [5.41, 5.74) is 14.5. The zero-order valence-corrected chi connectivity index (χ0v) is 27.1. The van der Waals surface area contributed by atoms with E-state index in [1.54, 1.807) is 0 Å². The van der Waals surface area contributed by atoms with Crippen molar-refractivity contribution in [3.63, 3.8) is 0 Å². The maximum atomic E-state index is 2.41. The summed E-state index contributed by atoms with van der Waals surface area (Å²) in [6, 6.07) is 70.2. The average Bonchev–Trinajstić information content (AvgIpc) is 3.18. The molecule has 1 aliphatic heterocycles. The molecule has 1 heterocycles. The largest absolute Gasteiger partial charge is 0.310 e. The molecule has 232 valence electrons. The summed E-state index contributed by atoms with van der Waals surface area (Å²) in [7, 11) is 0. The van der Waals surface area contributed by atoms with E-state index in [-0.39, 0.29) is 0 Å². The Bertz CT molecular complexity index is 2360. The van der Waals surface area contributed by atoms with Crippen molar-refractivity contribution in [1.82, 2.24) is 0 Å². The third kappa shape index (κ3) is 5.44. The van der Waals surface area contributed by atoms with Crippen molar-refractivity contribution in [1.29, 1.82) is 0 Å². The third-order valence-corrected chi connectivity index (χ3v) is 9.63. The van der Waals surface area contributed by atoms with Gasteiger partial charge >= 0.3 is 0 Å². The lowest BCUT2D eigenvalue weighted by Gasteiger charge is -2.33. The summed E-state index contributed by atoms with van der Waals surface area (Å²) in [4.78, 5) is 4.76. The first kappa shape index (κ1) is 28.8. The van der Waals surface area contributed by atoms with E-state index in [1.807, 2.05) is 0 Å². The zero-order chi connectivity index (χ0) is 32.6. The SMILES string of the molecule is c1ccc(-c2ccc(N(c3ccc(-c4cccc(N5c6ccccc6Cc6ccccc65)c4)cc3)c3ccc4ccccc4c3)cc2)cc1. The highest BCUT2D eigenvalue weighted by molar-refractivity contribution is 5.90. The number of rotatable bonds is 6. The van der Waals surface area contributed by atoms with Gasteiger partial charge in [-0.05, 0) is 105 Å². The van der Waals surface area contributed by atoms with Crippen molar-refractivity contribution in [3.05, 3.63) is 205 Å². The summed E-state index contributed by atoms with van der Waals surface area (Å²) in [6.07, 6.45) is 0.951. The topological polar surface area (TPSA) is 6.48 Å². The van der Waals surface area contributed by atoms with Gasteiger partial charge in [0.2, 0.25) is 0 Å². The Morgan fingerprint density at radius 1 is 0.347 bits per heavy atom. The minimum Gasteiger partial charge on any atom is -0.310 e. The van der Waals surface area contributed by atoms with Gasteiger partial charge in [0.25, 0.3) is 0 Å². The lowest BCUT2D eigenvalue weighted by atomic mass is 9.94. The Morgan fingerprint density at radius 3 is 1.53 bits per heavy atom. The van der Waals surface area contributed by atoms with E-state index in [4.69, 9.17) is 0 Å². The van der Waals surface area contributed by atoms with E-state index >= 15 is 0 Å². The number of fused-ring (bicyclic) bond motifs is 3. The highest BCUT2D eigenvalue weighted by Gasteiger charge is 2.23. The molecule has 0 radical (unpaired) electrons. The predicted molar refractivity (Wildman–Crippen MR) is 207 cm³/mol. The van der Waals surface area contributed by atoms with Crippen LogP contribution in [0.5, 0.6) is 0 Å². The van der Waals surface area contributed by atoms with Crippen molar-refractivity contribution >= 4 is 44.9 Å². The molecule has 0 fully saturated rings. The second-order valence-electron chi connectivity index (χ2n) is 12.6. The standard InChI is InChI=1S/C47H34N2/c1-2-11-34(12-3-1)36-21-26-42(27-22-36)48(45-30-25-35-13-4-5-14-38(35)33-45)43-28-23-37(24-29-43)39-17-10-18-44(32-39)49-46-19-8-6-15-40(46)31-41-16-7-9-20-47(41)49/h1-30,32-33H,31H2. The molecule has 9 rings (SSSR count). The molecule has 8 aromatic carbocycles. The van der Waals surface area contributed by atoms with Crippen LogP contribution in [0.1, 0.15) is 11.1 Å². The van der Waals surface area contributed by atoms with Gasteiger partial charge in [-0.15, -0.1) is 0 Å². The van der Waals surface area contributed by atoms with Crippen molar-refractivity contribution in [3.8, 4) is 22.3 Å². The second kappa shape index (κ2) is 12.3. The van der Waals surface area contributed by atoms with Gasteiger partial charge in [0, 0.05) is 40.5 Å². The summed E-state index contributed by atoms with van der Waals surface area (Å²) in [6.45, 7) is 0. The van der Waals surface area contributed by atoms with Gasteiger partial charge in [-0.25, -0.2) is 0 Å². The van der Waals surface area contributed by atoms with Crippen LogP contribution < -0.4 is 9.80 Å². The predicted octanol–water partition coefficient (Wildman–Crippen LogP) is 13.0. The molecule has 49 heavy (non-hydrogen) atoms. The fourth-order valence-electron chi connectivity index (χ4n) is 7.19. The average molecular weight is 627 g/mol. The quantitative estimate of drug-likeness (QED) is 0.181. The van der Waals surface area contributed by atoms with Crippen LogP contribution in [0.4, 0.5) is 34.1 Å². The van der Waals surface area contributed by atoms with Crippen LogP contribution in [0.15, 0.2) is 194 Å². The Morgan fingerprint density at radius 2 is 0.857 bits per heavy atom. The maximum Gasteiger partial charge on any atom is 0.0497 e. The van der Waals surface area contributed by atoms with Crippen LogP contribution in [-0.2, 0) is 6.42 Å². The zero-order valence-electron chi connectivity index (χ0n) is 27.1. The molecule has 0 atom stereocenters. The van der Waals surface area contributed by atoms with Crippen molar-refractivity contribution in [2.75, 3.05) is 9.80 Å². The minimum absolute atomic E-state index is 0.951. The third-order valence-electron chi connectivity index (χ3n) is 9.63. The number of benzene rings is 8. The molecule has 2 nitrogen and oxygen atoms in total. The molecule has 2 heteroatoms. The normalized spacial score (nSPS) is 12.0.